The lowest BCUT2D eigenvalue weighted by atomic mass is 9.77. The number of methoxy groups -OCH3 is 1. The first kappa shape index (κ1) is 13.7. The van der Waals surface area contributed by atoms with Crippen molar-refractivity contribution in [2.45, 2.75) is 63.0 Å². The van der Waals surface area contributed by atoms with Crippen LogP contribution in [0.5, 0.6) is 0 Å². The lowest BCUT2D eigenvalue weighted by Crippen LogP contribution is -2.55. The molecule has 1 aliphatic rings. The van der Waals surface area contributed by atoms with Gasteiger partial charge in [0.1, 0.15) is 0 Å². The molecule has 1 fully saturated rings. The van der Waals surface area contributed by atoms with E-state index in [2.05, 4.69) is 12.0 Å². The number of unbranched alkanes of at least 4 members (excludes halogenated alkanes) is 1. The fraction of sp³-hybridized carbons (Fsp3) is 0.846. The highest BCUT2D eigenvalue weighted by Crippen LogP contribution is 2.35. The van der Waals surface area contributed by atoms with Gasteiger partial charge in [0.2, 0.25) is 0 Å². The fourth-order valence-corrected chi connectivity index (χ4v) is 2.81. The highest BCUT2D eigenvalue weighted by atomic mass is 16.5. The smallest absolute Gasteiger partial charge is 0.0844 e. The van der Waals surface area contributed by atoms with Crippen LogP contribution in [0.2, 0.25) is 0 Å². The molecule has 0 aromatic heterocycles. The number of allylic oxidation sites excluding steroid dienone is 1. The summed E-state index contributed by atoms with van der Waals surface area (Å²) >= 11 is 0. The molecule has 1 aliphatic carbocycles. The first-order valence-corrected chi connectivity index (χ1v) is 6.41. The van der Waals surface area contributed by atoms with Crippen LogP contribution < -0.4 is 11.3 Å². The molecule has 1 rings (SSSR count). The van der Waals surface area contributed by atoms with Gasteiger partial charge in [-0.25, -0.2) is 0 Å². The molecule has 16 heavy (non-hydrogen) atoms. The van der Waals surface area contributed by atoms with E-state index in [0.717, 1.165) is 32.1 Å². The first-order valence-electron chi connectivity index (χ1n) is 6.41. The van der Waals surface area contributed by atoms with Crippen LogP contribution in [0.1, 0.15) is 51.4 Å². The summed E-state index contributed by atoms with van der Waals surface area (Å²) in [7, 11) is 1.82. The lowest BCUT2D eigenvalue weighted by Gasteiger charge is -2.42. The van der Waals surface area contributed by atoms with Gasteiger partial charge >= 0.3 is 0 Å². The van der Waals surface area contributed by atoms with Crippen LogP contribution in [0.25, 0.3) is 0 Å². The van der Waals surface area contributed by atoms with Gasteiger partial charge in [-0.2, -0.15) is 0 Å². The number of nitrogens with two attached hydrogens (primary N) is 1. The predicted molar refractivity (Wildman–Crippen MR) is 68.0 cm³/mol. The van der Waals surface area contributed by atoms with E-state index in [1.54, 1.807) is 0 Å². The summed E-state index contributed by atoms with van der Waals surface area (Å²) in [4.78, 5) is 0. The van der Waals surface area contributed by atoms with Gasteiger partial charge in [-0.1, -0.05) is 25.3 Å². The van der Waals surface area contributed by atoms with E-state index in [9.17, 15) is 0 Å². The molecule has 0 radical (unpaired) electrons. The molecule has 3 heteroatoms. The molecule has 0 aliphatic heterocycles. The average molecular weight is 226 g/mol. The second kappa shape index (κ2) is 7.05. The van der Waals surface area contributed by atoms with Crippen molar-refractivity contribution in [1.29, 1.82) is 0 Å². The minimum atomic E-state index is -0.0336. The highest BCUT2D eigenvalue weighted by molar-refractivity contribution is 4.94. The number of rotatable bonds is 7. The highest BCUT2D eigenvalue weighted by Gasteiger charge is 2.38. The molecule has 3 nitrogen and oxygen atoms in total. The van der Waals surface area contributed by atoms with Crippen molar-refractivity contribution >= 4 is 0 Å². The van der Waals surface area contributed by atoms with E-state index >= 15 is 0 Å². The number of ether oxygens (including phenoxy) is 1. The summed E-state index contributed by atoms with van der Waals surface area (Å²) in [5.41, 5.74) is 2.93. The van der Waals surface area contributed by atoms with E-state index in [1.165, 1.54) is 19.3 Å². The number of hydrogen-bond acceptors (Lipinski definition) is 3. The normalized spacial score (nSPS) is 21.6. The van der Waals surface area contributed by atoms with E-state index < -0.39 is 0 Å². The van der Waals surface area contributed by atoms with E-state index in [0.29, 0.717) is 0 Å². The largest absolute Gasteiger partial charge is 0.377 e. The molecule has 0 aromatic rings. The van der Waals surface area contributed by atoms with Crippen molar-refractivity contribution in [2.24, 2.45) is 5.84 Å². The number of hydrogen-bond donors (Lipinski definition) is 2. The molecule has 0 aromatic carbocycles. The molecule has 3 N–H and O–H groups in total. The molecule has 94 valence electrons. The fourth-order valence-electron chi connectivity index (χ4n) is 2.81. The maximum absolute atomic E-state index is 5.79. The predicted octanol–water partition coefficient (Wildman–Crippen LogP) is 2.52. The van der Waals surface area contributed by atoms with E-state index in [4.69, 9.17) is 10.6 Å². The van der Waals surface area contributed by atoms with Crippen LogP contribution in [0, 0.1) is 0 Å². The van der Waals surface area contributed by atoms with Gasteiger partial charge in [-0.3, -0.25) is 11.3 Å². The van der Waals surface area contributed by atoms with Crippen LogP contribution >= 0.6 is 0 Å². The van der Waals surface area contributed by atoms with Gasteiger partial charge in [0, 0.05) is 7.11 Å². The maximum Gasteiger partial charge on any atom is 0.0844 e. The Bertz CT molecular complexity index is 200. The second-order valence-electron chi connectivity index (χ2n) is 4.77. The summed E-state index contributed by atoms with van der Waals surface area (Å²) in [5, 5.41) is 0. The van der Waals surface area contributed by atoms with Crippen molar-refractivity contribution in [3.05, 3.63) is 12.7 Å². The monoisotopic (exact) mass is 226 g/mol. The van der Waals surface area contributed by atoms with Crippen LogP contribution in [-0.2, 0) is 4.74 Å². The topological polar surface area (TPSA) is 47.3 Å². The van der Waals surface area contributed by atoms with E-state index in [-0.39, 0.29) is 11.6 Å². The number of hydrazine groups is 1. The quantitative estimate of drug-likeness (QED) is 0.303. The Balaban J connectivity index is 2.54. The van der Waals surface area contributed by atoms with Crippen LogP contribution in [0.3, 0.4) is 0 Å². The van der Waals surface area contributed by atoms with Gasteiger partial charge in [0.25, 0.3) is 0 Å². The summed E-state index contributed by atoms with van der Waals surface area (Å²) in [6, 6.07) is 0.276. The van der Waals surface area contributed by atoms with Crippen molar-refractivity contribution in [2.75, 3.05) is 7.11 Å². The Labute approximate surface area is 99.4 Å². The SMILES string of the molecule is C=CCCCC(NN)C1(OC)CCCCC1. The Kier molecular flexibility index (Phi) is 6.03. The van der Waals surface area contributed by atoms with E-state index in [1.807, 2.05) is 13.2 Å². The van der Waals surface area contributed by atoms with Gasteiger partial charge in [-0.05, 0) is 32.1 Å². The Hall–Kier alpha value is -0.380. The summed E-state index contributed by atoms with van der Waals surface area (Å²) in [5.74, 6) is 5.69. The van der Waals surface area contributed by atoms with Gasteiger partial charge in [0.15, 0.2) is 0 Å². The van der Waals surface area contributed by atoms with Crippen LogP contribution in [-0.4, -0.2) is 18.8 Å². The Morgan fingerprint density at radius 1 is 1.44 bits per heavy atom. The van der Waals surface area contributed by atoms with Crippen molar-refractivity contribution in [3.63, 3.8) is 0 Å². The Morgan fingerprint density at radius 2 is 2.12 bits per heavy atom. The third-order valence-corrected chi connectivity index (χ3v) is 3.84. The minimum Gasteiger partial charge on any atom is -0.377 e. The third kappa shape index (κ3) is 3.30. The molecule has 0 bridgehead atoms. The van der Waals surface area contributed by atoms with Gasteiger partial charge < -0.3 is 4.74 Å². The van der Waals surface area contributed by atoms with Gasteiger partial charge in [-0.15, -0.1) is 6.58 Å². The zero-order chi connectivity index (χ0) is 11.9. The number of nitrogens with one attached hydrogen (secondary N) is 1. The van der Waals surface area contributed by atoms with Crippen LogP contribution in [0.15, 0.2) is 12.7 Å². The summed E-state index contributed by atoms with van der Waals surface area (Å²) < 4.78 is 5.79. The standard InChI is InChI=1S/C13H26N2O/c1-3-4-6-9-12(15-14)13(16-2)10-7-5-8-11-13/h3,12,15H,1,4-11,14H2,2H3. The molecule has 1 atom stereocenters. The second-order valence-corrected chi connectivity index (χ2v) is 4.77. The molecule has 0 heterocycles. The third-order valence-electron chi connectivity index (χ3n) is 3.84. The molecular formula is C13H26N2O. The summed E-state index contributed by atoms with van der Waals surface area (Å²) in [6.45, 7) is 3.75. The Morgan fingerprint density at radius 3 is 2.62 bits per heavy atom. The lowest BCUT2D eigenvalue weighted by molar-refractivity contribution is -0.0696. The van der Waals surface area contributed by atoms with Crippen molar-refractivity contribution in [1.82, 2.24) is 5.43 Å². The van der Waals surface area contributed by atoms with Gasteiger partial charge in [0.05, 0.1) is 11.6 Å². The average Bonchev–Trinajstić information content (AvgIpc) is 2.35. The first-order chi connectivity index (χ1) is 7.79. The summed E-state index contributed by atoms with van der Waals surface area (Å²) in [6.07, 6.45) is 11.3. The minimum absolute atomic E-state index is 0.0336. The molecule has 0 saturated heterocycles. The molecule has 0 amide bonds. The van der Waals surface area contributed by atoms with Crippen LogP contribution in [0.4, 0.5) is 0 Å². The molecule has 1 unspecified atom stereocenters. The zero-order valence-corrected chi connectivity index (χ0v) is 10.5. The van der Waals surface area contributed by atoms with Crippen molar-refractivity contribution in [3.8, 4) is 0 Å². The molecule has 0 spiro atoms. The van der Waals surface area contributed by atoms with Crippen molar-refractivity contribution < 1.29 is 4.74 Å². The zero-order valence-electron chi connectivity index (χ0n) is 10.5. The maximum atomic E-state index is 5.79. The molecular weight excluding hydrogens is 200 g/mol. The molecule has 1 saturated carbocycles.